The van der Waals surface area contributed by atoms with Crippen LogP contribution in [0, 0.1) is 0 Å². The summed E-state index contributed by atoms with van der Waals surface area (Å²) in [5.74, 6) is -5.02. The van der Waals surface area contributed by atoms with Gasteiger partial charge in [0, 0.05) is 6.61 Å². The molecule has 0 heterocycles. The van der Waals surface area contributed by atoms with Crippen molar-refractivity contribution in [2.75, 3.05) is 6.61 Å². The van der Waals surface area contributed by atoms with Crippen molar-refractivity contribution in [2.45, 2.75) is 57.2 Å². The molecule has 0 saturated heterocycles. The van der Waals surface area contributed by atoms with Gasteiger partial charge in [-0.3, -0.25) is 9.59 Å². The SMILES string of the molecule is CCCC(O)CCCO.O=C(O)CC(O)(CC(=O)O)C(=O)O. The van der Waals surface area contributed by atoms with E-state index in [1.54, 1.807) is 0 Å². The van der Waals surface area contributed by atoms with E-state index in [1.807, 2.05) is 6.92 Å². The standard InChI is InChI=1S/C7H16O2.C6H8O7/c1-2-4-7(9)5-3-6-8;7-3(8)1-6(13,5(11)12)2-4(9)10/h7-9H,2-6H2,1H3;13H,1-2H2,(H,7,8)(H,9,10)(H,11,12). The van der Waals surface area contributed by atoms with Crippen LogP contribution in [0.5, 0.6) is 0 Å². The van der Waals surface area contributed by atoms with Gasteiger partial charge in [0.1, 0.15) is 0 Å². The van der Waals surface area contributed by atoms with Gasteiger partial charge in [-0.1, -0.05) is 13.3 Å². The Labute approximate surface area is 127 Å². The van der Waals surface area contributed by atoms with Crippen molar-refractivity contribution < 1.29 is 45.0 Å². The second kappa shape index (κ2) is 11.9. The summed E-state index contributed by atoms with van der Waals surface area (Å²) in [4.78, 5) is 30.5. The number of aliphatic hydroxyl groups excluding tert-OH is 2. The Hall–Kier alpha value is -1.71. The van der Waals surface area contributed by atoms with Crippen LogP contribution >= 0.6 is 0 Å². The molecule has 0 amide bonds. The van der Waals surface area contributed by atoms with Crippen molar-refractivity contribution in [3.8, 4) is 0 Å². The lowest BCUT2D eigenvalue weighted by molar-refractivity contribution is -0.170. The molecule has 0 spiro atoms. The molecule has 0 aliphatic carbocycles. The van der Waals surface area contributed by atoms with Crippen LogP contribution < -0.4 is 0 Å². The van der Waals surface area contributed by atoms with E-state index < -0.39 is 36.4 Å². The largest absolute Gasteiger partial charge is 0.481 e. The summed E-state index contributed by atoms with van der Waals surface area (Å²) in [6.45, 7) is 2.24. The van der Waals surface area contributed by atoms with Gasteiger partial charge in [-0.25, -0.2) is 4.79 Å². The van der Waals surface area contributed by atoms with Gasteiger partial charge in [0.25, 0.3) is 0 Å². The van der Waals surface area contributed by atoms with Crippen molar-refractivity contribution >= 4 is 17.9 Å². The third-order valence-corrected chi connectivity index (χ3v) is 2.60. The molecule has 0 saturated carbocycles. The van der Waals surface area contributed by atoms with Gasteiger partial charge in [0.05, 0.1) is 18.9 Å². The van der Waals surface area contributed by atoms with Gasteiger partial charge in [0.2, 0.25) is 0 Å². The highest BCUT2D eigenvalue weighted by molar-refractivity contribution is 5.88. The summed E-state index contributed by atoms with van der Waals surface area (Å²) < 4.78 is 0. The van der Waals surface area contributed by atoms with Gasteiger partial charge >= 0.3 is 17.9 Å². The maximum Gasteiger partial charge on any atom is 0.336 e. The molecule has 9 heteroatoms. The Kier molecular flexibility index (Phi) is 12.2. The summed E-state index contributed by atoms with van der Waals surface area (Å²) in [5, 5.41) is 51.3. The quantitative estimate of drug-likeness (QED) is 0.314. The van der Waals surface area contributed by atoms with Crippen molar-refractivity contribution in [1.29, 1.82) is 0 Å². The first kappa shape index (κ1) is 22.6. The zero-order chi connectivity index (χ0) is 17.8. The molecule has 1 atom stereocenters. The minimum Gasteiger partial charge on any atom is -0.481 e. The van der Waals surface area contributed by atoms with Crippen LogP contribution in [-0.2, 0) is 14.4 Å². The summed E-state index contributed by atoms with van der Waals surface area (Å²) in [7, 11) is 0. The van der Waals surface area contributed by atoms with E-state index in [0.717, 1.165) is 25.7 Å². The minimum atomic E-state index is -2.74. The lowest BCUT2D eigenvalue weighted by Crippen LogP contribution is -2.42. The third kappa shape index (κ3) is 12.1. The fraction of sp³-hybridized carbons (Fsp3) is 0.769. The number of aliphatic hydroxyl groups is 3. The molecular formula is C13H24O9. The summed E-state index contributed by atoms with van der Waals surface area (Å²) in [5.41, 5.74) is -2.74. The fourth-order valence-corrected chi connectivity index (χ4v) is 1.52. The average Bonchev–Trinajstić information content (AvgIpc) is 2.35. The normalized spacial score (nSPS) is 12.0. The highest BCUT2D eigenvalue weighted by atomic mass is 16.4. The van der Waals surface area contributed by atoms with Crippen LogP contribution in [0.25, 0.3) is 0 Å². The first-order valence-electron chi connectivity index (χ1n) is 6.77. The van der Waals surface area contributed by atoms with Crippen molar-refractivity contribution in [1.82, 2.24) is 0 Å². The van der Waals surface area contributed by atoms with Gasteiger partial charge in [-0.2, -0.15) is 0 Å². The van der Waals surface area contributed by atoms with E-state index in [1.165, 1.54) is 0 Å². The maximum atomic E-state index is 10.3. The van der Waals surface area contributed by atoms with Crippen molar-refractivity contribution in [3.05, 3.63) is 0 Å². The number of hydrogen-bond acceptors (Lipinski definition) is 6. The zero-order valence-corrected chi connectivity index (χ0v) is 12.4. The van der Waals surface area contributed by atoms with Gasteiger partial charge in [-0.05, 0) is 19.3 Å². The number of carboxylic acid groups (broad SMARTS) is 3. The number of carboxylic acids is 3. The molecule has 0 aliphatic heterocycles. The van der Waals surface area contributed by atoms with Gasteiger partial charge in [0.15, 0.2) is 5.60 Å². The molecular weight excluding hydrogens is 300 g/mol. The Bertz CT molecular complexity index is 337. The van der Waals surface area contributed by atoms with E-state index >= 15 is 0 Å². The second-order valence-corrected chi connectivity index (χ2v) is 4.79. The summed E-state index contributed by atoms with van der Waals surface area (Å²) in [6, 6.07) is 0. The molecule has 0 fully saturated rings. The first-order chi connectivity index (χ1) is 10.1. The summed E-state index contributed by atoms with van der Waals surface area (Å²) >= 11 is 0. The van der Waals surface area contributed by atoms with E-state index in [4.69, 9.17) is 30.6 Å². The zero-order valence-electron chi connectivity index (χ0n) is 12.4. The highest BCUT2D eigenvalue weighted by Gasteiger charge is 2.40. The predicted molar refractivity (Wildman–Crippen MR) is 74.3 cm³/mol. The van der Waals surface area contributed by atoms with Gasteiger partial charge in [-0.15, -0.1) is 0 Å². The van der Waals surface area contributed by atoms with Crippen LogP contribution in [0.1, 0.15) is 45.4 Å². The molecule has 22 heavy (non-hydrogen) atoms. The van der Waals surface area contributed by atoms with Crippen LogP contribution in [-0.4, -0.2) is 66.9 Å². The van der Waals surface area contributed by atoms with Crippen LogP contribution in [0.2, 0.25) is 0 Å². The molecule has 6 N–H and O–H groups in total. The molecule has 9 nitrogen and oxygen atoms in total. The molecule has 0 bridgehead atoms. The molecule has 0 aliphatic rings. The number of rotatable bonds is 10. The molecule has 0 rings (SSSR count). The third-order valence-electron chi connectivity index (χ3n) is 2.60. The smallest absolute Gasteiger partial charge is 0.336 e. The van der Waals surface area contributed by atoms with Crippen molar-refractivity contribution in [2.24, 2.45) is 0 Å². The Morgan fingerprint density at radius 3 is 1.73 bits per heavy atom. The monoisotopic (exact) mass is 324 g/mol. The topological polar surface area (TPSA) is 173 Å². The number of hydrogen-bond donors (Lipinski definition) is 6. The van der Waals surface area contributed by atoms with Gasteiger partial charge < -0.3 is 30.6 Å². The van der Waals surface area contributed by atoms with E-state index in [9.17, 15) is 14.4 Å². The van der Waals surface area contributed by atoms with Crippen LogP contribution in [0.4, 0.5) is 0 Å². The Morgan fingerprint density at radius 1 is 1.00 bits per heavy atom. The second-order valence-electron chi connectivity index (χ2n) is 4.79. The predicted octanol–water partition coefficient (Wildman–Crippen LogP) is -0.329. The lowest BCUT2D eigenvalue weighted by atomic mass is 9.96. The number of carbonyl (C=O) groups is 3. The molecule has 0 aromatic heterocycles. The fourth-order valence-electron chi connectivity index (χ4n) is 1.52. The molecule has 130 valence electrons. The Balaban J connectivity index is 0. The van der Waals surface area contributed by atoms with E-state index in [0.29, 0.717) is 0 Å². The lowest BCUT2D eigenvalue weighted by Gasteiger charge is -2.18. The van der Waals surface area contributed by atoms with E-state index in [-0.39, 0.29) is 12.7 Å². The molecule has 0 aromatic carbocycles. The minimum absolute atomic E-state index is 0.192. The molecule has 0 radical (unpaired) electrons. The van der Waals surface area contributed by atoms with Crippen LogP contribution in [0.15, 0.2) is 0 Å². The number of aliphatic carboxylic acids is 3. The molecule has 0 aromatic rings. The van der Waals surface area contributed by atoms with Crippen molar-refractivity contribution in [3.63, 3.8) is 0 Å². The Morgan fingerprint density at radius 2 is 1.45 bits per heavy atom. The van der Waals surface area contributed by atoms with Crippen LogP contribution in [0.3, 0.4) is 0 Å². The van der Waals surface area contributed by atoms with E-state index in [2.05, 4.69) is 0 Å². The highest BCUT2D eigenvalue weighted by Crippen LogP contribution is 2.15. The maximum absolute atomic E-state index is 10.3. The summed E-state index contributed by atoms with van der Waals surface area (Å²) in [6.07, 6.45) is 0.864. The molecule has 1 unspecified atom stereocenters. The average molecular weight is 324 g/mol. The first-order valence-corrected chi connectivity index (χ1v) is 6.77.